The number of carbonyl (C=O) groups is 2. The Labute approximate surface area is 140 Å². The average molecular weight is 284 g/mol. The summed E-state index contributed by atoms with van der Waals surface area (Å²) in [7, 11) is 0. The zero-order valence-electron chi connectivity index (χ0n) is 11.9. The summed E-state index contributed by atoms with van der Waals surface area (Å²) in [6.45, 7) is 2.21. The number of aromatic nitrogens is 1. The molecule has 1 saturated heterocycles. The summed E-state index contributed by atoms with van der Waals surface area (Å²) in [6.07, 6.45) is 4.87. The van der Waals surface area contributed by atoms with Gasteiger partial charge in [-0.1, -0.05) is 0 Å². The first kappa shape index (κ1) is 17.1. The fourth-order valence-electron chi connectivity index (χ4n) is 2.42. The fraction of sp³-hybridized carbons (Fsp3) is 0.500. The molecule has 0 bridgehead atoms. The Balaban J connectivity index is 0.00000200. The van der Waals surface area contributed by atoms with E-state index in [1.54, 1.807) is 29.4 Å². The molecule has 6 heteroatoms. The average Bonchev–Trinajstić information content (AvgIpc) is 2.40. The molecule has 1 aromatic rings. The molecule has 1 aliphatic rings. The second-order valence-electron chi connectivity index (χ2n) is 5.02. The standard InChI is InChI=1S/C14H18N2O3.Na/c1-10-2-3-12(14(18)19)9-16(10)13(17)8-11-4-6-15-7-5-11;/h4-7,10,12H,2-3,8-9H2,1H3,(H,18,19);/q;+1/p-1/t10-,12+;/m0./s1. The van der Waals surface area contributed by atoms with Gasteiger partial charge in [0.25, 0.3) is 0 Å². The molecule has 1 amide bonds. The van der Waals surface area contributed by atoms with Crippen molar-refractivity contribution >= 4 is 11.9 Å². The SMILES string of the molecule is C[C@H]1CC[C@@H](C(=O)[O-])CN1C(=O)Cc1ccncc1.[Na+]. The fourth-order valence-corrected chi connectivity index (χ4v) is 2.42. The van der Waals surface area contributed by atoms with Crippen LogP contribution in [0.2, 0.25) is 0 Å². The first-order valence-corrected chi connectivity index (χ1v) is 6.47. The van der Waals surface area contributed by atoms with Gasteiger partial charge >= 0.3 is 29.6 Å². The summed E-state index contributed by atoms with van der Waals surface area (Å²) >= 11 is 0. The molecular formula is C14H17N2NaO3. The van der Waals surface area contributed by atoms with Gasteiger partial charge in [0.15, 0.2) is 0 Å². The van der Waals surface area contributed by atoms with Crippen molar-refractivity contribution in [3.8, 4) is 0 Å². The van der Waals surface area contributed by atoms with Gasteiger partial charge < -0.3 is 14.8 Å². The number of pyridine rings is 1. The topological polar surface area (TPSA) is 73.3 Å². The first-order valence-electron chi connectivity index (χ1n) is 6.47. The van der Waals surface area contributed by atoms with Crippen LogP contribution in [0.5, 0.6) is 0 Å². The van der Waals surface area contributed by atoms with E-state index in [4.69, 9.17) is 0 Å². The Kier molecular flexibility index (Phi) is 6.65. The minimum atomic E-state index is -1.06. The molecule has 1 aliphatic heterocycles. The monoisotopic (exact) mass is 284 g/mol. The molecule has 0 unspecified atom stereocenters. The van der Waals surface area contributed by atoms with Crippen LogP contribution in [-0.4, -0.2) is 34.3 Å². The minimum absolute atomic E-state index is 0. The van der Waals surface area contributed by atoms with Crippen molar-refractivity contribution in [3.05, 3.63) is 30.1 Å². The van der Waals surface area contributed by atoms with Crippen molar-refractivity contribution in [2.24, 2.45) is 5.92 Å². The predicted molar refractivity (Wildman–Crippen MR) is 66.8 cm³/mol. The Bertz CT molecular complexity index is 467. The summed E-state index contributed by atoms with van der Waals surface area (Å²) < 4.78 is 0. The molecule has 1 fully saturated rings. The van der Waals surface area contributed by atoms with E-state index in [9.17, 15) is 14.7 Å². The molecule has 0 aromatic carbocycles. The largest absolute Gasteiger partial charge is 1.00 e. The smallest absolute Gasteiger partial charge is 0.550 e. The van der Waals surface area contributed by atoms with Crippen LogP contribution < -0.4 is 34.7 Å². The van der Waals surface area contributed by atoms with Crippen LogP contribution in [0.4, 0.5) is 0 Å². The summed E-state index contributed by atoms with van der Waals surface area (Å²) in [6, 6.07) is 3.68. The van der Waals surface area contributed by atoms with Crippen molar-refractivity contribution in [2.75, 3.05) is 6.54 Å². The Morgan fingerprint density at radius 1 is 1.35 bits per heavy atom. The molecule has 1 aromatic heterocycles. The molecule has 0 aliphatic carbocycles. The van der Waals surface area contributed by atoms with Gasteiger partial charge in [-0.25, -0.2) is 0 Å². The summed E-state index contributed by atoms with van der Waals surface area (Å²) in [5, 5.41) is 10.9. The van der Waals surface area contributed by atoms with Crippen molar-refractivity contribution in [3.63, 3.8) is 0 Å². The second-order valence-corrected chi connectivity index (χ2v) is 5.02. The predicted octanol–water partition coefficient (Wildman–Crippen LogP) is -2.99. The number of carboxylic acids is 1. The molecular weight excluding hydrogens is 267 g/mol. The molecule has 0 N–H and O–H groups in total. The Morgan fingerprint density at radius 3 is 2.60 bits per heavy atom. The van der Waals surface area contributed by atoms with Gasteiger partial charge in [0.05, 0.1) is 6.42 Å². The van der Waals surface area contributed by atoms with Crippen molar-refractivity contribution in [1.82, 2.24) is 9.88 Å². The van der Waals surface area contributed by atoms with Crippen LogP contribution in [0.3, 0.4) is 0 Å². The second kappa shape index (κ2) is 7.76. The van der Waals surface area contributed by atoms with E-state index in [2.05, 4.69) is 4.98 Å². The number of carboxylic acid groups (broad SMARTS) is 1. The van der Waals surface area contributed by atoms with Gasteiger partial charge in [0.2, 0.25) is 5.91 Å². The Hall–Kier alpha value is -0.910. The number of hydrogen-bond acceptors (Lipinski definition) is 4. The summed E-state index contributed by atoms with van der Waals surface area (Å²) in [4.78, 5) is 28.7. The zero-order chi connectivity index (χ0) is 13.8. The van der Waals surface area contributed by atoms with Crippen molar-refractivity contribution in [2.45, 2.75) is 32.2 Å². The van der Waals surface area contributed by atoms with E-state index in [1.165, 1.54) is 0 Å². The number of aliphatic carboxylic acids is 1. The van der Waals surface area contributed by atoms with E-state index in [0.29, 0.717) is 12.8 Å². The number of piperidine rings is 1. The number of amides is 1. The molecule has 0 spiro atoms. The molecule has 2 heterocycles. The van der Waals surface area contributed by atoms with Crippen LogP contribution in [0, 0.1) is 5.92 Å². The van der Waals surface area contributed by atoms with Crippen molar-refractivity contribution in [1.29, 1.82) is 0 Å². The van der Waals surface area contributed by atoms with Crippen LogP contribution >= 0.6 is 0 Å². The van der Waals surface area contributed by atoms with Crippen LogP contribution in [0.1, 0.15) is 25.3 Å². The molecule has 20 heavy (non-hydrogen) atoms. The Morgan fingerprint density at radius 2 is 2.00 bits per heavy atom. The molecule has 102 valence electrons. The van der Waals surface area contributed by atoms with Crippen LogP contribution in [0.15, 0.2) is 24.5 Å². The maximum atomic E-state index is 12.2. The van der Waals surface area contributed by atoms with E-state index in [-0.39, 0.29) is 54.5 Å². The normalized spacial score (nSPS) is 21.9. The van der Waals surface area contributed by atoms with E-state index in [0.717, 1.165) is 5.56 Å². The van der Waals surface area contributed by atoms with Gasteiger partial charge in [-0.2, -0.15) is 0 Å². The van der Waals surface area contributed by atoms with E-state index >= 15 is 0 Å². The molecule has 5 nitrogen and oxygen atoms in total. The third-order valence-corrected chi connectivity index (χ3v) is 3.64. The molecule has 0 saturated carbocycles. The quantitative estimate of drug-likeness (QED) is 0.555. The third-order valence-electron chi connectivity index (χ3n) is 3.64. The number of carbonyl (C=O) groups excluding carboxylic acids is 2. The summed E-state index contributed by atoms with van der Waals surface area (Å²) in [5.74, 6) is -1.64. The van der Waals surface area contributed by atoms with Crippen LogP contribution in [0.25, 0.3) is 0 Å². The number of likely N-dealkylation sites (tertiary alicyclic amines) is 1. The summed E-state index contributed by atoms with van der Waals surface area (Å²) in [5.41, 5.74) is 0.891. The van der Waals surface area contributed by atoms with Gasteiger partial charge in [0, 0.05) is 36.9 Å². The van der Waals surface area contributed by atoms with E-state index < -0.39 is 11.9 Å². The zero-order valence-corrected chi connectivity index (χ0v) is 13.9. The first-order chi connectivity index (χ1) is 9.08. The third kappa shape index (κ3) is 4.30. The number of hydrogen-bond donors (Lipinski definition) is 0. The molecule has 2 atom stereocenters. The maximum Gasteiger partial charge on any atom is 1.00 e. The van der Waals surface area contributed by atoms with Crippen LogP contribution in [-0.2, 0) is 16.0 Å². The maximum absolute atomic E-state index is 12.2. The molecule has 2 rings (SSSR count). The van der Waals surface area contributed by atoms with E-state index in [1.807, 2.05) is 6.92 Å². The number of rotatable bonds is 3. The van der Waals surface area contributed by atoms with Gasteiger partial charge in [-0.3, -0.25) is 9.78 Å². The van der Waals surface area contributed by atoms with Crippen molar-refractivity contribution < 1.29 is 44.3 Å². The van der Waals surface area contributed by atoms with Gasteiger partial charge in [0.1, 0.15) is 0 Å². The minimum Gasteiger partial charge on any atom is -0.550 e. The molecule has 0 radical (unpaired) electrons. The van der Waals surface area contributed by atoms with Gasteiger partial charge in [-0.05, 0) is 37.5 Å². The van der Waals surface area contributed by atoms with Gasteiger partial charge in [-0.15, -0.1) is 0 Å². The number of nitrogens with zero attached hydrogens (tertiary/aromatic N) is 2.